The minimum atomic E-state index is -0.971. The first-order valence-corrected chi connectivity index (χ1v) is 5.67. The summed E-state index contributed by atoms with van der Waals surface area (Å²) in [6.45, 7) is 0. The average Bonchev–Trinajstić information content (AvgIpc) is 2.25. The molecular formula is C12H13FN2O3. The molecule has 0 spiro atoms. The Bertz CT molecular complexity index is 486. The highest BCUT2D eigenvalue weighted by atomic mass is 19.1. The summed E-state index contributed by atoms with van der Waals surface area (Å²) in [5, 5.41) is 11.4. The number of halogens is 1. The van der Waals surface area contributed by atoms with Crippen molar-refractivity contribution in [2.75, 3.05) is 0 Å². The Hall–Kier alpha value is -1.98. The molecule has 2 N–H and O–H groups in total. The summed E-state index contributed by atoms with van der Waals surface area (Å²) in [6.07, 6.45) is 3.19. The van der Waals surface area contributed by atoms with E-state index in [1.165, 1.54) is 18.3 Å². The molecule has 1 aromatic rings. The monoisotopic (exact) mass is 252 g/mol. The molecule has 1 aliphatic rings. The molecule has 1 saturated carbocycles. The van der Waals surface area contributed by atoms with Gasteiger partial charge in [0.25, 0.3) is 5.91 Å². The summed E-state index contributed by atoms with van der Waals surface area (Å²) >= 11 is 0. The fraction of sp³-hybridized carbons (Fsp3) is 0.417. The van der Waals surface area contributed by atoms with E-state index in [2.05, 4.69) is 10.3 Å². The molecule has 0 bridgehead atoms. The van der Waals surface area contributed by atoms with Crippen LogP contribution in [0.15, 0.2) is 18.3 Å². The van der Waals surface area contributed by atoms with Crippen LogP contribution in [0.1, 0.15) is 36.0 Å². The van der Waals surface area contributed by atoms with E-state index in [1.807, 2.05) is 0 Å². The fourth-order valence-electron chi connectivity index (χ4n) is 2.10. The number of pyridine rings is 1. The van der Waals surface area contributed by atoms with E-state index in [1.54, 1.807) is 0 Å². The molecule has 6 heteroatoms. The highest BCUT2D eigenvalue weighted by molar-refractivity contribution is 5.95. The Balaban J connectivity index is 2.11. The molecule has 2 rings (SSSR count). The van der Waals surface area contributed by atoms with Crippen LogP contribution >= 0.6 is 0 Å². The van der Waals surface area contributed by atoms with Crippen LogP contribution in [-0.4, -0.2) is 27.5 Å². The van der Waals surface area contributed by atoms with Crippen molar-refractivity contribution in [2.45, 2.75) is 31.2 Å². The Morgan fingerprint density at radius 2 is 2.22 bits per heavy atom. The molecule has 0 unspecified atom stereocenters. The van der Waals surface area contributed by atoms with Crippen molar-refractivity contribution >= 4 is 11.9 Å². The second-order valence-electron chi connectivity index (χ2n) is 4.50. The second kappa shape index (κ2) is 4.72. The molecule has 5 nitrogen and oxygen atoms in total. The molecule has 1 aromatic heterocycles. The summed E-state index contributed by atoms with van der Waals surface area (Å²) < 4.78 is 13.3. The van der Waals surface area contributed by atoms with E-state index in [0.717, 1.165) is 6.42 Å². The number of carboxylic acid groups (broad SMARTS) is 1. The number of rotatable bonds is 4. The van der Waals surface area contributed by atoms with Crippen molar-refractivity contribution < 1.29 is 19.1 Å². The second-order valence-corrected chi connectivity index (χ2v) is 4.50. The first kappa shape index (κ1) is 12.5. The lowest BCUT2D eigenvalue weighted by atomic mass is 9.74. The number of carbonyl (C=O) groups excluding carboxylic acids is 1. The van der Waals surface area contributed by atoms with Crippen LogP contribution in [0, 0.1) is 5.95 Å². The van der Waals surface area contributed by atoms with Crippen molar-refractivity contribution in [1.29, 1.82) is 0 Å². The zero-order valence-electron chi connectivity index (χ0n) is 9.65. The van der Waals surface area contributed by atoms with Crippen LogP contribution in [-0.2, 0) is 4.79 Å². The predicted octanol–water partition coefficient (Wildman–Crippen LogP) is 1.35. The number of carboxylic acids is 1. The fourth-order valence-corrected chi connectivity index (χ4v) is 2.10. The minimum Gasteiger partial charge on any atom is -0.481 e. The third kappa shape index (κ3) is 2.47. The summed E-state index contributed by atoms with van der Waals surface area (Å²) in [5.74, 6) is -2.43. The smallest absolute Gasteiger partial charge is 0.305 e. The molecule has 1 heterocycles. The molecule has 1 fully saturated rings. The maximum absolute atomic E-state index is 13.3. The van der Waals surface area contributed by atoms with E-state index in [-0.39, 0.29) is 12.0 Å². The molecule has 0 aromatic carbocycles. The number of aromatic nitrogens is 1. The average molecular weight is 252 g/mol. The lowest BCUT2D eigenvalue weighted by Gasteiger charge is -2.41. The zero-order valence-corrected chi connectivity index (χ0v) is 9.65. The molecular weight excluding hydrogens is 239 g/mol. The van der Waals surface area contributed by atoms with Gasteiger partial charge in [0.15, 0.2) is 0 Å². The standard InChI is InChI=1S/C12H13FN2O3/c13-10-8(3-1-6-14-10)11(18)15-12(4-2-5-12)7-9(16)17/h1,3,6H,2,4-5,7H2,(H,15,18)(H,16,17). The number of nitrogens with one attached hydrogen (secondary N) is 1. The molecule has 18 heavy (non-hydrogen) atoms. The van der Waals surface area contributed by atoms with E-state index in [0.29, 0.717) is 12.8 Å². The maximum atomic E-state index is 13.3. The van der Waals surface area contributed by atoms with Crippen molar-refractivity contribution in [3.63, 3.8) is 0 Å². The Morgan fingerprint density at radius 3 is 2.72 bits per heavy atom. The zero-order chi connectivity index (χ0) is 13.2. The van der Waals surface area contributed by atoms with Crippen LogP contribution < -0.4 is 5.32 Å². The van der Waals surface area contributed by atoms with Crippen LogP contribution in [0.2, 0.25) is 0 Å². The number of amides is 1. The molecule has 0 saturated heterocycles. The quantitative estimate of drug-likeness (QED) is 0.793. The van der Waals surface area contributed by atoms with E-state index < -0.39 is 23.4 Å². The topological polar surface area (TPSA) is 79.3 Å². The van der Waals surface area contributed by atoms with Crippen LogP contribution in [0.5, 0.6) is 0 Å². The lowest BCUT2D eigenvalue weighted by Crippen LogP contribution is -2.54. The summed E-state index contributed by atoms with van der Waals surface area (Å²) in [4.78, 5) is 26.0. The van der Waals surface area contributed by atoms with Gasteiger partial charge in [0.1, 0.15) is 0 Å². The number of hydrogen-bond acceptors (Lipinski definition) is 3. The van der Waals surface area contributed by atoms with Gasteiger partial charge in [-0.2, -0.15) is 4.39 Å². The summed E-state index contributed by atoms with van der Waals surface area (Å²) in [7, 11) is 0. The normalized spacial score (nSPS) is 16.7. The predicted molar refractivity (Wildman–Crippen MR) is 60.5 cm³/mol. The maximum Gasteiger partial charge on any atom is 0.305 e. The van der Waals surface area contributed by atoms with Gasteiger partial charge in [0.05, 0.1) is 17.5 Å². The SMILES string of the molecule is O=C(O)CC1(NC(=O)c2cccnc2F)CCC1. The van der Waals surface area contributed by atoms with Crippen LogP contribution in [0.3, 0.4) is 0 Å². The number of carbonyl (C=O) groups is 2. The van der Waals surface area contributed by atoms with Crippen LogP contribution in [0.4, 0.5) is 4.39 Å². The molecule has 0 atom stereocenters. The Morgan fingerprint density at radius 1 is 1.50 bits per heavy atom. The lowest BCUT2D eigenvalue weighted by molar-refractivity contribution is -0.139. The molecule has 0 aliphatic heterocycles. The van der Waals surface area contributed by atoms with Gasteiger partial charge in [-0.1, -0.05) is 0 Å². The molecule has 96 valence electrons. The molecule has 1 aliphatic carbocycles. The van der Waals surface area contributed by atoms with Gasteiger partial charge in [0, 0.05) is 6.20 Å². The van der Waals surface area contributed by atoms with Crippen molar-refractivity contribution in [1.82, 2.24) is 10.3 Å². The van der Waals surface area contributed by atoms with Gasteiger partial charge in [-0.25, -0.2) is 4.98 Å². The van der Waals surface area contributed by atoms with Gasteiger partial charge in [-0.3, -0.25) is 9.59 Å². The Kier molecular flexibility index (Phi) is 3.27. The van der Waals surface area contributed by atoms with Crippen molar-refractivity contribution in [2.24, 2.45) is 0 Å². The van der Waals surface area contributed by atoms with Gasteiger partial charge < -0.3 is 10.4 Å². The number of hydrogen-bond donors (Lipinski definition) is 2. The number of nitrogens with zero attached hydrogens (tertiary/aromatic N) is 1. The van der Waals surface area contributed by atoms with Crippen LogP contribution in [0.25, 0.3) is 0 Å². The highest BCUT2D eigenvalue weighted by Crippen LogP contribution is 2.35. The summed E-state index contributed by atoms with van der Waals surface area (Å²) in [5.41, 5.74) is -0.889. The van der Waals surface area contributed by atoms with E-state index in [9.17, 15) is 14.0 Å². The van der Waals surface area contributed by atoms with Gasteiger partial charge in [-0.05, 0) is 31.4 Å². The third-order valence-electron chi connectivity index (χ3n) is 3.18. The van der Waals surface area contributed by atoms with Gasteiger partial charge >= 0.3 is 5.97 Å². The molecule has 0 radical (unpaired) electrons. The first-order valence-electron chi connectivity index (χ1n) is 5.67. The summed E-state index contributed by atoms with van der Waals surface area (Å²) in [6, 6.07) is 2.79. The third-order valence-corrected chi connectivity index (χ3v) is 3.18. The van der Waals surface area contributed by atoms with Crippen molar-refractivity contribution in [3.05, 3.63) is 29.8 Å². The number of aliphatic carboxylic acids is 1. The van der Waals surface area contributed by atoms with E-state index >= 15 is 0 Å². The Labute approximate surface area is 103 Å². The van der Waals surface area contributed by atoms with E-state index in [4.69, 9.17) is 5.11 Å². The van der Waals surface area contributed by atoms with Gasteiger partial charge in [-0.15, -0.1) is 0 Å². The minimum absolute atomic E-state index is 0.138. The largest absolute Gasteiger partial charge is 0.481 e. The highest BCUT2D eigenvalue weighted by Gasteiger charge is 2.40. The first-order chi connectivity index (χ1) is 8.52. The molecule has 1 amide bonds. The van der Waals surface area contributed by atoms with Crippen molar-refractivity contribution in [3.8, 4) is 0 Å². The van der Waals surface area contributed by atoms with Gasteiger partial charge in [0.2, 0.25) is 5.95 Å².